The van der Waals surface area contributed by atoms with Crippen molar-refractivity contribution in [2.75, 3.05) is 11.9 Å². The molecule has 200 valence electrons. The molecule has 8 heteroatoms. The second-order valence-corrected chi connectivity index (χ2v) is 11.5. The summed E-state index contributed by atoms with van der Waals surface area (Å²) in [4.78, 5) is 27.7. The molecule has 0 amide bonds. The maximum absolute atomic E-state index is 13.7. The summed E-state index contributed by atoms with van der Waals surface area (Å²) < 4.78 is 11.8. The average Bonchev–Trinajstić information content (AvgIpc) is 3.29. The molecule has 0 bridgehead atoms. The molecule has 3 N–H and O–H groups in total. The van der Waals surface area contributed by atoms with Crippen LogP contribution in [-0.4, -0.2) is 59.2 Å². The van der Waals surface area contributed by atoms with Crippen molar-refractivity contribution in [3.63, 3.8) is 0 Å². The zero-order valence-electron chi connectivity index (χ0n) is 22.2. The second-order valence-electron chi connectivity index (χ2n) is 11.5. The molecule has 8 nitrogen and oxygen atoms in total. The third-order valence-corrected chi connectivity index (χ3v) is 9.21. The monoisotopic (exact) mass is 510 g/mol. The fraction of sp³-hybridized carbons (Fsp3) is 0.586. The molecular weight excluding hydrogens is 472 g/mol. The van der Waals surface area contributed by atoms with Crippen LogP contribution in [0.4, 0.5) is 5.69 Å². The number of para-hydroxylation sites is 1. The van der Waals surface area contributed by atoms with Gasteiger partial charge in [-0.25, -0.2) is 0 Å². The standard InChI is InChI=1S/C29H38N2O6/c1-15(2)19-12-11-17(4)29(35)21(19)13-16(3)24(36-18(5)32)25(29)37-26(33)22-14-28(34)20-9-7-8-10-23(20)31(6)27(28)30-22/h7-10,13,17,19,21-22,24-25,27,30,34-35H,1,11-12,14H2,2-6H3/t17-,19+,21-,22+,24-,25+,27-,28-,29-/m1/s1. The van der Waals surface area contributed by atoms with Crippen LogP contribution in [0.3, 0.4) is 0 Å². The number of aliphatic hydroxyl groups is 2. The van der Waals surface area contributed by atoms with Crippen LogP contribution in [0.5, 0.6) is 0 Å². The molecular formula is C29H38N2O6. The van der Waals surface area contributed by atoms with Crippen molar-refractivity contribution in [3.8, 4) is 0 Å². The number of fused-ring (bicyclic) bond motifs is 4. The van der Waals surface area contributed by atoms with Gasteiger partial charge in [0.25, 0.3) is 0 Å². The summed E-state index contributed by atoms with van der Waals surface area (Å²) in [7, 11) is 1.88. The van der Waals surface area contributed by atoms with E-state index < -0.39 is 47.6 Å². The highest BCUT2D eigenvalue weighted by atomic mass is 16.6. The number of anilines is 1. The summed E-state index contributed by atoms with van der Waals surface area (Å²) in [6.07, 6.45) is 1.22. The van der Waals surface area contributed by atoms with Crippen LogP contribution in [0.25, 0.3) is 0 Å². The van der Waals surface area contributed by atoms with Gasteiger partial charge >= 0.3 is 11.9 Å². The molecule has 2 aliphatic carbocycles. The lowest BCUT2D eigenvalue weighted by atomic mass is 9.56. The van der Waals surface area contributed by atoms with Gasteiger partial charge < -0.3 is 24.6 Å². The average molecular weight is 511 g/mol. The molecule has 0 unspecified atom stereocenters. The maximum atomic E-state index is 13.7. The molecule has 1 aromatic rings. The number of likely N-dealkylation sites (N-methyl/N-ethyl adjacent to an activating group) is 1. The molecule has 2 fully saturated rings. The van der Waals surface area contributed by atoms with Gasteiger partial charge in [0.2, 0.25) is 0 Å². The smallest absolute Gasteiger partial charge is 0.323 e. The molecule has 1 aromatic carbocycles. The first-order chi connectivity index (χ1) is 17.4. The van der Waals surface area contributed by atoms with Crippen LogP contribution in [0.1, 0.15) is 52.5 Å². The summed E-state index contributed by atoms with van der Waals surface area (Å²) in [5.74, 6) is -1.60. The number of carbonyl (C=O) groups is 2. The van der Waals surface area contributed by atoms with Gasteiger partial charge in [0.15, 0.2) is 12.2 Å². The van der Waals surface area contributed by atoms with Gasteiger partial charge in [-0.05, 0) is 50.2 Å². The van der Waals surface area contributed by atoms with E-state index in [9.17, 15) is 19.8 Å². The van der Waals surface area contributed by atoms with Crippen LogP contribution < -0.4 is 10.2 Å². The SMILES string of the molecule is C=C(C)[C@@H]1CC[C@@H](C)[C@@]2(O)[C@@H]1C=C(C)[C@@H](OC(C)=O)[C@@H]2OC(=O)[C@@H]1C[C@@]2(O)c3ccccc3N(C)[C@H]2N1. The lowest BCUT2D eigenvalue weighted by Gasteiger charge is -2.55. The number of allylic oxidation sites excluding steroid dienone is 1. The van der Waals surface area contributed by atoms with Gasteiger partial charge in [0.1, 0.15) is 23.4 Å². The molecule has 1 saturated heterocycles. The molecule has 1 saturated carbocycles. The van der Waals surface area contributed by atoms with E-state index in [2.05, 4.69) is 11.9 Å². The number of nitrogens with zero attached hydrogens (tertiary/aromatic N) is 1. The molecule has 37 heavy (non-hydrogen) atoms. The third kappa shape index (κ3) is 3.83. The normalized spacial score (nSPS) is 40.2. The predicted molar refractivity (Wildman–Crippen MR) is 138 cm³/mol. The molecule has 5 rings (SSSR count). The Bertz CT molecular complexity index is 1160. The van der Waals surface area contributed by atoms with E-state index in [0.29, 0.717) is 0 Å². The van der Waals surface area contributed by atoms with Gasteiger partial charge in [-0.2, -0.15) is 0 Å². The van der Waals surface area contributed by atoms with E-state index >= 15 is 0 Å². The number of esters is 2. The largest absolute Gasteiger partial charge is 0.454 e. The van der Waals surface area contributed by atoms with Crippen molar-refractivity contribution in [2.45, 2.75) is 82.6 Å². The number of ether oxygens (including phenoxy) is 2. The van der Waals surface area contributed by atoms with Gasteiger partial charge in [-0.15, -0.1) is 0 Å². The Labute approximate surface area is 218 Å². The van der Waals surface area contributed by atoms with Gasteiger partial charge in [-0.1, -0.05) is 43.4 Å². The Morgan fingerprint density at radius 3 is 2.54 bits per heavy atom. The zero-order chi connectivity index (χ0) is 26.9. The Morgan fingerprint density at radius 2 is 1.86 bits per heavy atom. The molecule has 4 aliphatic rings. The minimum absolute atomic E-state index is 0.0189. The van der Waals surface area contributed by atoms with Crippen molar-refractivity contribution in [2.24, 2.45) is 17.8 Å². The third-order valence-electron chi connectivity index (χ3n) is 9.21. The number of hydrogen-bond acceptors (Lipinski definition) is 8. The number of carbonyl (C=O) groups excluding carboxylic acids is 2. The number of benzene rings is 1. The van der Waals surface area contributed by atoms with Crippen LogP contribution in [0, 0.1) is 17.8 Å². The fourth-order valence-corrected chi connectivity index (χ4v) is 7.26. The van der Waals surface area contributed by atoms with E-state index in [1.165, 1.54) is 6.92 Å². The van der Waals surface area contributed by atoms with Crippen molar-refractivity contribution in [3.05, 3.63) is 53.6 Å². The quantitative estimate of drug-likeness (QED) is 0.419. The molecule has 0 spiro atoms. The van der Waals surface area contributed by atoms with E-state index in [0.717, 1.165) is 35.2 Å². The van der Waals surface area contributed by atoms with E-state index in [1.54, 1.807) is 0 Å². The fourth-order valence-electron chi connectivity index (χ4n) is 7.26. The lowest BCUT2D eigenvalue weighted by Crippen LogP contribution is -2.66. The Balaban J connectivity index is 1.46. The molecule has 0 aromatic heterocycles. The van der Waals surface area contributed by atoms with Crippen LogP contribution in [0.15, 0.2) is 48.1 Å². The van der Waals surface area contributed by atoms with Crippen molar-refractivity contribution in [1.29, 1.82) is 0 Å². The molecule has 9 atom stereocenters. The van der Waals surface area contributed by atoms with Crippen LogP contribution >= 0.6 is 0 Å². The van der Waals surface area contributed by atoms with Crippen molar-refractivity contribution in [1.82, 2.24) is 5.32 Å². The van der Waals surface area contributed by atoms with Gasteiger partial charge in [0, 0.05) is 37.6 Å². The van der Waals surface area contributed by atoms with Crippen molar-refractivity contribution >= 4 is 17.6 Å². The van der Waals surface area contributed by atoms with Gasteiger partial charge in [0.05, 0.1) is 0 Å². The highest BCUT2D eigenvalue weighted by Gasteiger charge is 2.62. The number of nitrogens with one attached hydrogen (secondary N) is 1. The highest BCUT2D eigenvalue weighted by molar-refractivity contribution is 5.79. The minimum atomic E-state index is -1.44. The van der Waals surface area contributed by atoms with E-state index in [-0.39, 0.29) is 24.2 Å². The zero-order valence-corrected chi connectivity index (χ0v) is 22.2. The van der Waals surface area contributed by atoms with Crippen molar-refractivity contribution < 1.29 is 29.3 Å². The van der Waals surface area contributed by atoms with Crippen LogP contribution in [0.2, 0.25) is 0 Å². The highest BCUT2D eigenvalue weighted by Crippen LogP contribution is 2.53. The second kappa shape index (κ2) is 8.96. The molecule has 2 aliphatic heterocycles. The summed E-state index contributed by atoms with van der Waals surface area (Å²) in [6, 6.07) is 6.81. The summed E-state index contributed by atoms with van der Waals surface area (Å²) in [5.41, 5.74) is 0.692. The number of hydrogen-bond donors (Lipinski definition) is 3. The van der Waals surface area contributed by atoms with Crippen LogP contribution in [-0.2, 0) is 24.7 Å². The summed E-state index contributed by atoms with van der Waals surface area (Å²) in [5, 5.41) is 27.2. The Morgan fingerprint density at radius 1 is 1.16 bits per heavy atom. The topological polar surface area (TPSA) is 108 Å². The predicted octanol–water partition coefficient (Wildman–Crippen LogP) is 2.78. The van der Waals surface area contributed by atoms with Gasteiger partial charge in [-0.3, -0.25) is 14.9 Å². The van der Waals surface area contributed by atoms with E-state index in [1.807, 2.05) is 63.1 Å². The Kier molecular flexibility index (Phi) is 6.28. The number of rotatable bonds is 4. The maximum Gasteiger partial charge on any atom is 0.323 e. The minimum Gasteiger partial charge on any atom is -0.454 e. The summed E-state index contributed by atoms with van der Waals surface area (Å²) in [6.45, 7) is 11.2. The lowest BCUT2D eigenvalue weighted by molar-refractivity contribution is -0.221. The molecule has 2 heterocycles. The first kappa shape index (κ1) is 25.9. The summed E-state index contributed by atoms with van der Waals surface area (Å²) >= 11 is 0. The first-order valence-electron chi connectivity index (χ1n) is 13.1. The Hall–Kier alpha value is -2.68. The van der Waals surface area contributed by atoms with E-state index in [4.69, 9.17) is 9.47 Å². The molecule has 0 radical (unpaired) electrons. The first-order valence-corrected chi connectivity index (χ1v) is 13.1.